The van der Waals surface area contributed by atoms with Crippen LogP contribution in [0.3, 0.4) is 0 Å². The van der Waals surface area contributed by atoms with Crippen LogP contribution in [-0.4, -0.2) is 19.7 Å². The molecule has 0 aliphatic heterocycles. The first-order chi connectivity index (χ1) is 8.01. The van der Waals surface area contributed by atoms with Crippen molar-refractivity contribution >= 4 is 5.69 Å². The molecule has 1 aromatic rings. The van der Waals surface area contributed by atoms with Crippen molar-refractivity contribution in [3.8, 4) is 5.75 Å². The predicted molar refractivity (Wildman–Crippen MR) is 73.8 cm³/mol. The summed E-state index contributed by atoms with van der Waals surface area (Å²) < 4.78 is 5.31. The van der Waals surface area contributed by atoms with E-state index >= 15 is 0 Å². The summed E-state index contributed by atoms with van der Waals surface area (Å²) in [6, 6.07) is 4.37. The number of hydrogen-bond donors (Lipinski definition) is 2. The van der Waals surface area contributed by atoms with Gasteiger partial charge in [0.25, 0.3) is 0 Å². The second-order valence-corrected chi connectivity index (χ2v) is 4.80. The van der Waals surface area contributed by atoms with E-state index in [-0.39, 0.29) is 0 Å². The van der Waals surface area contributed by atoms with Gasteiger partial charge in [-0.2, -0.15) is 0 Å². The molecule has 96 valence electrons. The van der Waals surface area contributed by atoms with E-state index < -0.39 is 0 Å². The number of hydrogen-bond acceptors (Lipinski definition) is 3. The number of anilines is 1. The Hall–Kier alpha value is -1.22. The number of nitrogens with two attached hydrogens (primary N) is 1. The minimum atomic E-state index is 0.307. The van der Waals surface area contributed by atoms with Crippen LogP contribution < -0.4 is 15.8 Å². The van der Waals surface area contributed by atoms with Crippen molar-refractivity contribution in [3.63, 3.8) is 0 Å². The zero-order chi connectivity index (χ0) is 13.0. The van der Waals surface area contributed by atoms with E-state index in [4.69, 9.17) is 10.5 Å². The first-order valence-corrected chi connectivity index (χ1v) is 6.12. The number of methoxy groups -OCH3 is 1. The van der Waals surface area contributed by atoms with Crippen molar-refractivity contribution in [1.29, 1.82) is 0 Å². The fraction of sp³-hybridized carbons (Fsp3) is 0.571. The van der Waals surface area contributed by atoms with E-state index in [0.717, 1.165) is 11.4 Å². The molecule has 0 heterocycles. The van der Waals surface area contributed by atoms with Gasteiger partial charge in [0.2, 0.25) is 0 Å². The summed E-state index contributed by atoms with van der Waals surface area (Å²) in [4.78, 5) is 0. The molecule has 3 nitrogen and oxygen atoms in total. The molecule has 0 saturated carbocycles. The van der Waals surface area contributed by atoms with Crippen LogP contribution >= 0.6 is 0 Å². The molecule has 1 unspecified atom stereocenters. The van der Waals surface area contributed by atoms with Crippen molar-refractivity contribution in [1.82, 2.24) is 0 Å². The number of ether oxygens (including phenoxy) is 1. The van der Waals surface area contributed by atoms with Crippen molar-refractivity contribution in [2.24, 2.45) is 11.7 Å². The van der Waals surface area contributed by atoms with E-state index in [0.29, 0.717) is 18.5 Å². The third-order valence-electron chi connectivity index (χ3n) is 3.36. The molecule has 0 radical (unpaired) electrons. The highest BCUT2D eigenvalue weighted by molar-refractivity contribution is 5.58. The van der Waals surface area contributed by atoms with Crippen LogP contribution in [0.1, 0.15) is 25.0 Å². The maximum Gasteiger partial charge on any atom is 0.122 e. The molecule has 3 heteroatoms. The SMILES string of the molecule is COc1ccc(NC(CN)C(C)C)c(C)c1C. The largest absolute Gasteiger partial charge is 0.496 e. The molecule has 3 N–H and O–H groups in total. The molecule has 1 atom stereocenters. The Morgan fingerprint density at radius 1 is 1.24 bits per heavy atom. The van der Waals surface area contributed by atoms with Crippen LogP contribution in [0.5, 0.6) is 5.75 Å². The summed E-state index contributed by atoms with van der Waals surface area (Å²) in [6.07, 6.45) is 0. The molecular weight excluding hydrogens is 212 g/mol. The third-order valence-corrected chi connectivity index (χ3v) is 3.36. The molecule has 0 aromatic heterocycles. The van der Waals surface area contributed by atoms with Gasteiger partial charge in [-0.1, -0.05) is 13.8 Å². The van der Waals surface area contributed by atoms with E-state index in [2.05, 4.69) is 39.1 Å². The fourth-order valence-electron chi connectivity index (χ4n) is 1.87. The molecule has 1 aromatic carbocycles. The summed E-state index contributed by atoms with van der Waals surface area (Å²) in [5, 5.41) is 3.51. The Morgan fingerprint density at radius 2 is 1.88 bits per heavy atom. The molecular formula is C14H24N2O. The zero-order valence-electron chi connectivity index (χ0n) is 11.5. The van der Waals surface area contributed by atoms with Gasteiger partial charge in [-0.3, -0.25) is 0 Å². The Bertz CT molecular complexity index is 375. The van der Waals surface area contributed by atoms with E-state index in [1.165, 1.54) is 11.1 Å². The highest BCUT2D eigenvalue weighted by Gasteiger charge is 2.13. The van der Waals surface area contributed by atoms with Gasteiger partial charge in [0, 0.05) is 18.3 Å². The Kier molecular flexibility index (Phi) is 4.82. The van der Waals surface area contributed by atoms with Crippen LogP contribution in [0.25, 0.3) is 0 Å². The van der Waals surface area contributed by atoms with Gasteiger partial charge in [0.05, 0.1) is 7.11 Å². The average molecular weight is 236 g/mol. The molecule has 1 rings (SSSR count). The second-order valence-electron chi connectivity index (χ2n) is 4.80. The summed E-state index contributed by atoms with van der Waals surface area (Å²) in [6.45, 7) is 9.18. The van der Waals surface area contributed by atoms with E-state index in [1.54, 1.807) is 7.11 Å². The Morgan fingerprint density at radius 3 is 2.35 bits per heavy atom. The van der Waals surface area contributed by atoms with Gasteiger partial charge in [-0.15, -0.1) is 0 Å². The lowest BCUT2D eigenvalue weighted by Gasteiger charge is -2.24. The number of nitrogens with one attached hydrogen (secondary N) is 1. The average Bonchev–Trinajstić information content (AvgIpc) is 2.30. The summed E-state index contributed by atoms with van der Waals surface area (Å²) in [7, 11) is 1.70. The van der Waals surface area contributed by atoms with Gasteiger partial charge >= 0.3 is 0 Å². The van der Waals surface area contributed by atoms with Crippen molar-refractivity contribution in [2.45, 2.75) is 33.7 Å². The molecule has 0 aliphatic carbocycles. The van der Waals surface area contributed by atoms with E-state index in [9.17, 15) is 0 Å². The summed E-state index contributed by atoms with van der Waals surface area (Å²) in [5.41, 5.74) is 9.33. The lowest BCUT2D eigenvalue weighted by Crippen LogP contribution is -2.34. The standard InChI is InChI=1S/C14H24N2O/c1-9(2)13(8-15)16-12-6-7-14(17-5)11(4)10(12)3/h6-7,9,13,16H,8,15H2,1-5H3. The van der Waals surface area contributed by atoms with Gasteiger partial charge < -0.3 is 15.8 Å². The minimum Gasteiger partial charge on any atom is -0.496 e. The van der Waals surface area contributed by atoms with Gasteiger partial charge in [-0.25, -0.2) is 0 Å². The monoisotopic (exact) mass is 236 g/mol. The molecule has 0 bridgehead atoms. The zero-order valence-corrected chi connectivity index (χ0v) is 11.5. The maximum atomic E-state index is 5.78. The van der Waals surface area contributed by atoms with Crippen LogP contribution in [0, 0.1) is 19.8 Å². The number of benzene rings is 1. The lowest BCUT2D eigenvalue weighted by atomic mass is 10.0. The van der Waals surface area contributed by atoms with Crippen molar-refractivity contribution < 1.29 is 4.74 Å². The molecule has 0 saturated heterocycles. The molecule has 0 amide bonds. The maximum absolute atomic E-state index is 5.78. The van der Waals surface area contributed by atoms with Crippen molar-refractivity contribution in [3.05, 3.63) is 23.3 Å². The van der Waals surface area contributed by atoms with Gasteiger partial charge in [0.1, 0.15) is 5.75 Å². The molecule has 0 fully saturated rings. The number of rotatable bonds is 5. The third kappa shape index (κ3) is 3.13. The first kappa shape index (κ1) is 13.8. The molecule has 0 spiro atoms. The molecule has 0 aliphatic rings. The summed E-state index contributed by atoms with van der Waals surface area (Å²) in [5.74, 6) is 1.45. The van der Waals surface area contributed by atoms with Crippen LogP contribution in [0.15, 0.2) is 12.1 Å². The van der Waals surface area contributed by atoms with Crippen molar-refractivity contribution in [2.75, 3.05) is 19.0 Å². The van der Waals surface area contributed by atoms with E-state index in [1.807, 2.05) is 6.07 Å². The summed E-state index contributed by atoms with van der Waals surface area (Å²) >= 11 is 0. The predicted octanol–water partition coefficient (Wildman–Crippen LogP) is 2.71. The smallest absolute Gasteiger partial charge is 0.122 e. The fourth-order valence-corrected chi connectivity index (χ4v) is 1.87. The highest BCUT2D eigenvalue weighted by Crippen LogP contribution is 2.28. The van der Waals surface area contributed by atoms with Crippen LogP contribution in [0.2, 0.25) is 0 Å². The quantitative estimate of drug-likeness (QED) is 0.826. The first-order valence-electron chi connectivity index (χ1n) is 6.12. The van der Waals surface area contributed by atoms with Gasteiger partial charge in [-0.05, 0) is 43.0 Å². The highest BCUT2D eigenvalue weighted by atomic mass is 16.5. The Labute approximate surface area is 104 Å². The Balaban J connectivity index is 2.96. The molecule has 17 heavy (non-hydrogen) atoms. The van der Waals surface area contributed by atoms with Crippen LogP contribution in [0.4, 0.5) is 5.69 Å². The van der Waals surface area contributed by atoms with Gasteiger partial charge in [0.15, 0.2) is 0 Å². The minimum absolute atomic E-state index is 0.307. The topological polar surface area (TPSA) is 47.3 Å². The van der Waals surface area contributed by atoms with Crippen LogP contribution in [-0.2, 0) is 0 Å². The normalized spacial score (nSPS) is 12.6. The lowest BCUT2D eigenvalue weighted by molar-refractivity contribution is 0.411. The second kappa shape index (κ2) is 5.92.